The van der Waals surface area contributed by atoms with Crippen molar-refractivity contribution in [2.45, 2.75) is 13.0 Å². The Bertz CT molecular complexity index is 1150. The second-order valence-electron chi connectivity index (χ2n) is 6.17. The molecule has 0 aliphatic carbocycles. The average molecular weight is 359 g/mol. The number of H-pyrrole nitrogens is 1. The molecule has 0 saturated carbocycles. The van der Waals surface area contributed by atoms with Crippen molar-refractivity contribution in [1.29, 1.82) is 0 Å². The van der Waals surface area contributed by atoms with Crippen LogP contribution in [0.5, 0.6) is 0 Å². The largest absolute Gasteiger partial charge is 0.326 e. The van der Waals surface area contributed by atoms with Crippen LogP contribution in [-0.2, 0) is 17.8 Å². The molecule has 0 radical (unpaired) electrons. The van der Waals surface area contributed by atoms with Crippen LogP contribution in [0.4, 0.5) is 5.69 Å². The molecular weight excluding hydrogens is 342 g/mol. The van der Waals surface area contributed by atoms with Gasteiger partial charge in [0.25, 0.3) is 5.56 Å². The van der Waals surface area contributed by atoms with Crippen molar-refractivity contribution < 1.29 is 4.79 Å². The second-order valence-corrected chi connectivity index (χ2v) is 6.17. The zero-order valence-corrected chi connectivity index (χ0v) is 14.4. The Hall–Kier alpha value is -3.74. The fourth-order valence-corrected chi connectivity index (χ4v) is 2.99. The number of hydrogen-bond acceptors (Lipinski definition) is 4. The van der Waals surface area contributed by atoms with Gasteiger partial charge in [-0.15, -0.1) is 0 Å². The van der Waals surface area contributed by atoms with Crippen LogP contribution in [0.15, 0.2) is 71.8 Å². The van der Waals surface area contributed by atoms with Crippen molar-refractivity contribution in [2.24, 2.45) is 0 Å². The van der Waals surface area contributed by atoms with Gasteiger partial charge in [-0.2, -0.15) is 10.2 Å². The zero-order chi connectivity index (χ0) is 18.6. The van der Waals surface area contributed by atoms with Crippen molar-refractivity contribution in [3.8, 4) is 0 Å². The van der Waals surface area contributed by atoms with Gasteiger partial charge < -0.3 is 5.32 Å². The third-order valence-electron chi connectivity index (χ3n) is 4.22. The number of nitrogens with one attached hydrogen (secondary N) is 2. The van der Waals surface area contributed by atoms with Gasteiger partial charge in [-0.1, -0.05) is 30.3 Å². The lowest BCUT2D eigenvalue weighted by atomic mass is 10.1. The minimum absolute atomic E-state index is 0.0701. The lowest BCUT2D eigenvalue weighted by Gasteiger charge is -2.09. The summed E-state index contributed by atoms with van der Waals surface area (Å²) < 4.78 is 1.82. The monoisotopic (exact) mass is 359 g/mol. The Balaban J connectivity index is 1.50. The van der Waals surface area contributed by atoms with Gasteiger partial charge in [-0.3, -0.25) is 14.3 Å². The molecule has 0 spiro atoms. The summed E-state index contributed by atoms with van der Waals surface area (Å²) in [4.78, 5) is 24.3. The number of aromatic amines is 1. The third-order valence-corrected chi connectivity index (χ3v) is 4.22. The number of hydrogen-bond donors (Lipinski definition) is 2. The lowest BCUT2D eigenvalue weighted by Crippen LogP contribution is -2.18. The van der Waals surface area contributed by atoms with E-state index in [-0.39, 0.29) is 17.9 Å². The topological polar surface area (TPSA) is 92.7 Å². The molecule has 7 nitrogen and oxygen atoms in total. The van der Waals surface area contributed by atoms with Crippen molar-refractivity contribution in [2.75, 3.05) is 5.32 Å². The van der Waals surface area contributed by atoms with E-state index >= 15 is 0 Å². The molecule has 134 valence electrons. The van der Waals surface area contributed by atoms with Gasteiger partial charge in [0.1, 0.15) is 0 Å². The van der Waals surface area contributed by atoms with Gasteiger partial charge in [0.05, 0.1) is 24.0 Å². The summed E-state index contributed by atoms with van der Waals surface area (Å²) in [5.74, 6) is -0.198. The fraction of sp³-hybridized carbons (Fsp3) is 0.100. The minimum atomic E-state index is -0.263. The van der Waals surface area contributed by atoms with Crippen LogP contribution in [0.25, 0.3) is 10.8 Å². The number of anilines is 1. The first-order valence-electron chi connectivity index (χ1n) is 8.51. The number of benzene rings is 2. The van der Waals surface area contributed by atoms with Crippen LogP contribution >= 0.6 is 0 Å². The normalized spacial score (nSPS) is 10.8. The molecule has 2 aromatic carbocycles. The van der Waals surface area contributed by atoms with Gasteiger partial charge in [0.2, 0.25) is 5.91 Å². The maximum absolute atomic E-state index is 12.5. The first-order valence-corrected chi connectivity index (χ1v) is 8.51. The molecule has 4 aromatic rings. The molecule has 2 aromatic heterocycles. The fourth-order valence-electron chi connectivity index (χ4n) is 2.99. The molecule has 0 bridgehead atoms. The molecule has 2 N–H and O–H groups in total. The van der Waals surface area contributed by atoms with Crippen LogP contribution in [0.3, 0.4) is 0 Å². The van der Waals surface area contributed by atoms with E-state index in [4.69, 9.17) is 0 Å². The molecule has 0 fully saturated rings. The summed E-state index contributed by atoms with van der Waals surface area (Å²) in [5.41, 5.74) is 2.01. The summed E-state index contributed by atoms with van der Waals surface area (Å²) in [5, 5.41) is 14.8. The van der Waals surface area contributed by atoms with Crippen LogP contribution in [0.1, 0.15) is 11.3 Å². The molecule has 0 unspecified atom stereocenters. The SMILES string of the molecule is O=C(Cc1n[nH]c(=O)c2ccccc12)Nc1cccc(Cn2cccn2)c1. The first kappa shape index (κ1) is 16.7. The van der Waals surface area contributed by atoms with E-state index in [1.807, 2.05) is 47.3 Å². The highest BCUT2D eigenvalue weighted by atomic mass is 16.1. The molecule has 0 saturated heterocycles. The van der Waals surface area contributed by atoms with Crippen molar-refractivity contribution in [3.05, 3.63) is 88.6 Å². The van der Waals surface area contributed by atoms with Crippen molar-refractivity contribution in [1.82, 2.24) is 20.0 Å². The van der Waals surface area contributed by atoms with E-state index in [1.165, 1.54) is 0 Å². The van der Waals surface area contributed by atoms with Crippen LogP contribution in [0.2, 0.25) is 0 Å². The summed E-state index contributed by atoms with van der Waals surface area (Å²) in [6.45, 7) is 0.628. The molecule has 0 atom stereocenters. The van der Waals surface area contributed by atoms with E-state index in [2.05, 4.69) is 20.6 Å². The number of amides is 1. The lowest BCUT2D eigenvalue weighted by molar-refractivity contribution is -0.115. The number of carbonyl (C=O) groups excluding carboxylic acids is 1. The molecular formula is C20H17N5O2. The van der Waals surface area contributed by atoms with Crippen LogP contribution in [0, 0.1) is 0 Å². The standard InChI is InChI=1S/C20H17N5O2/c26-19(12-18-16-7-1-2-8-17(16)20(27)24-23-18)22-15-6-3-5-14(11-15)13-25-10-4-9-21-25/h1-11H,12-13H2,(H,22,26)(H,24,27). The van der Waals surface area contributed by atoms with Gasteiger partial charge >= 0.3 is 0 Å². The Kier molecular flexibility index (Phi) is 4.49. The van der Waals surface area contributed by atoms with Gasteiger partial charge in [0.15, 0.2) is 0 Å². The molecule has 0 aliphatic heterocycles. The molecule has 1 amide bonds. The Morgan fingerprint density at radius 3 is 2.74 bits per heavy atom. The summed E-state index contributed by atoms with van der Waals surface area (Å²) >= 11 is 0. The third kappa shape index (κ3) is 3.77. The number of carbonyl (C=O) groups is 1. The molecule has 2 heterocycles. The molecule has 4 rings (SSSR count). The van der Waals surface area contributed by atoms with Crippen LogP contribution in [-0.4, -0.2) is 25.9 Å². The van der Waals surface area contributed by atoms with E-state index in [1.54, 1.807) is 24.4 Å². The van der Waals surface area contributed by atoms with Gasteiger partial charge in [-0.25, -0.2) is 5.10 Å². The minimum Gasteiger partial charge on any atom is -0.326 e. The summed E-state index contributed by atoms with van der Waals surface area (Å²) in [6, 6.07) is 16.6. The highest BCUT2D eigenvalue weighted by Gasteiger charge is 2.11. The molecule has 0 aliphatic rings. The predicted molar refractivity (Wildman–Crippen MR) is 102 cm³/mol. The Morgan fingerprint density at radius 2 is 1.93 bits per heavy atom. The van der Waals surface area contributed by atoms with Gasteiger partial charge in [-0.05, 0) is 29.8 Å². The average Bonchev–Trinajstić information content (AvgIpc) is 3.17. The maximum atomic E-state index is 12.5. The maximum Gasteiger partial charge on any atom is 0.272 e. The van der Waals surface area contributed by atoms with E-state index in [9.17, 15) is 9.59 Å². The highest BCUT2D eigenvalue weighted by Crippen LogP contribution is 2.15. The Morgan fingerprint density at radius 1 is 1.07 bits per heavy atom. The number of aromatic nitrogens is 4. The number of nitrogens with zero attached hydrogens (tertiary/aromatic N) is 3. The van der Waals surface area contributed by atoms with E-state index in [0.29, 0.717) is 28.7 Å². The molecule has 7 heteroatoms. The van der Waals surface area contributed by atoms with Crippen molar-refractivity contribution >= 4 is 22.4 Å². The first-order chi connectivity index (χ1) is 13.2. The molecule has 27 heavy (non-hydrogen) atoms. The second kappa shape index (κ2) is 7.25. The summed E-state index contributed by atoms with van der Waals surface area (Å²) in [6.07, 6.45) is 3.69. The smallest absolute Gasteiger partial charge is 0.272 e. The van der Waals surface area contributed by atoms with E-state index < -0.39 is 0 Å². The van der Waals surface area contributed by atoms with E-state index in [0.717, 1.165) is 5.56 Å². The summed E-state index contributed by atoms with van der Waals surface area (Å²) in [7, 11) is 0. The predicted octanol–water partition coefficient (Wildman–Crippen LogP) is 2.35. The van der Waals surface area contributed by atoms with Crippen molar-refractivity contribution in [3.63, 3.8) is 0 Å². The zero-order valence-electron chi connectivity index (χ0n) is 14.4. The van der Waals surface area contributed by atoms with Gasteiger partial charge in [0, 0.05) is 23.5 Å². The van der Waals surface area contributed by atoms with Crippen LogP contribution < -0.4 is 10.9 Å². The number of rotatable bonds is 5. The highest BCUT2D eigenvalue weighted by molar-refractivity contribution is 5.95. The Labute approximate surface area is 154 Å². The quantitative estimate of drug-likeness (QED) is 0.572. The number of fused-ring (bicyclic) bond motifs is 1.